The SMILES string of the molecule is CCNC(=NCCc1c(C)nn(C)c1C)N1CCC(COCCOC)C1. The van der Waals surface area contributed by atoms with Crippen molar-refractivity contribution in [1.29, 1.82) is 0 Å². The van der Waals surface area contributed by atoms with Crippen LogP contribution < -0.4 is 5.32 Å². The van der Waals surface area contributed by atoms with Crippen molar-refractivity contribution in [2.45, 2.75) is 33.6 Å². The monoisotopic (exact) mass is 365 g/mol. The number of aryl methyl sites for hydroxylation is 2. The van der Waals surface area contributed by atoms with Gasteiger partial charge in [0, 0.05) is 51.9 Å². The van der Waals surface area contributed by atoms with E-state index in [2.05, 4.69) is 36.1 Å². The van der Waals surface area contributed by atoms with Crippen LogP contribution in [0.5, 0.6) is 0 Å². The van der Waals surface area contributed by atoms with E-state index in [1.165, 1.54) is 11.3 Å². The van der Waals surface area contributed by atoms with Crippen LogP contribution in [0, 0.1) is 19.8 Å². The van der Waals surface area contributed by atoms with Crippen molar-refractivity contribution in [1.82, 2.24) is 20.0 Å². The van der Waals surface area contributed by atoms with Crippen LogP contribution in [0.4, 0.5) is 0 Å². The Balaban J connectivity index is 1.86. The molecule has 0 aliphatic carbocycles. The normalized spacial score (nSPS) is 18.0. The number of nitrogens with zero attached hydrogens (tertiary/aromatic N) is 4. The van der Waals surface area contributed by atoms with E-state index < -0.39 is 0 Å². The van der Waals surface area contributed by atoms with Crippen LogP contribution in [0.3, 0.4) is 0 Å². The molecule has 7 heteroatoms. The summed E-state index contributed by atoms with van der Waals surface area (Å²) >= 11 is 0. The van der Waals surface area contributed by atoms with Crippen molar-refractivity contribution in [2.24, 2.45) is 18.0 Å². The second-order valence-electron chi connectivity index (χ2n) is 6.93. The van der Waals surface area contributed by atoms with Crippen molar-refractivity contribution in [3.63, 3.8) is 0 Å². The summed E-state index contributed by atoms with van der Waals surface area (Å²) < 4.78 is 12.7. The third-order valence-electron chi connectivity index (χ3n) is 4.99. The number of hydrogen-bond donors (Lipinski definition) is 1. The van der Waals surface area contributed by atoms with E-state index in [9.17, 15) is 0 Å². The van der Waals surface area contributed by atoms with Crippen LogP contribution in [0.15, 0.2) is 4.99 Å². The third kappa shape index (κ3) is 5.71. The van der Waals surface area contributed by atoms with Gasteiger partial charge in [-0.25, -0.2) is 0 Å². The highest BCUT2D eigenvalue weighted by Gasteiger charge is 2.25. The molecule has 0 spiro atoms. The van der Waals surface area contributed by atoms with Gasteiger partial charge in [0.05, 0.1) is 25.5 Å². The Morgan fingerprint density at radius 2 is 2.15 bits per heavy atom. The van der Waals surface area contributed by atoms with E-state index >= 15 is 0 Å². The Hall–Kier alpha value is -1.60. The van der Waals surface area contributed by atoms with Gasteiger partial charge in [-0.1, -0.05) is 0 Å². The zero-order valence-electron chi connectivity index (χ0n) is 17.0. The summed E-state index contributed by atoms with van der Waals surface area (Å²) in [7, 11) is 3.70. The van der Waals surface area contributed by atoms with Gasteiger partial charge in [0.15, 0.2) is 5.96 Å². The highest BCUT2D eigenvalue weighted by molar-refractivity contribution is 5.80. The summed E-state index contributed by atoms with van der Waals surface area (Å²) in [6.07, 6.45) is 2.08. The number of ether oxygens (including phenoxy) is 2. The van der Waals surface area contributed by atoms with Gasteiger partial charge in [0.25, 0.3) is 0 Å². The minimum atomic E-state index is 0.568. The van der Waals surface area contributed by atoms with E-state index in [1.807, 2.05) is 11.7 Å². The summed E-state index contributed by atoms with van der Waals surface area (Å²) in [5.74, 6) is 1.59. The van der Waals surface area contributed by atoms with Gasteiger partial charge in [-0.3, -0.25) is 9.67 Å². The first-order chi connectivity index (χ1) is 12.6. The fraction of sp³-hybridized carbons (Fsp3) is 0.789. The molecule has 1 N–H and O–H groups in total. The van der Waals surface area contributed by atoms with Crippen LogP contribution in [0.1, 0.15) is 30.3 Å². The Morgan fingerprint density at radius 3 is 2.81 bits per heavy atom. The van der Waals surface area contributed by atoms with Gasteiger partial charge in [0.2, 0.25) is 0 Å². The molecule has 26 heavy (non-hydrogen) atoms. The molecule has 148 valence electrons. The maximum absolute atomic E-state index is 5.69. The molecular formula is C19H35N5O2. The Morgan fingerprint density at radius 1 is 1.35 bits per heavy atom. The third-order valence-corrected chi connectivity index (χ3v) is 4.99. The molecule has 0 aromatic carbocycles. The largest absolute Gasteiger partial charge is 0.382 e. The summed E-state index contributed by atoms with van der Waals surface area (Å²) in [6.45, 7) is 12.2. The Labute approximate surface area is 157 Å². The zero-order chi connectivity index (χ0) is 18.9. The second-order valence-corrected chi connectivity index (χ2v) is 6.93. The molecule has 1 saturated heterocycles. The topological polar surface area (TPSA) is 63.9 Å². The lowest BCUT2D eigenvalue weighted by Gasteiger charge is -2.21. The number of rotatable bonds is 9. The number of hydrogen-bond acceptors (Lipinski definition) is 4. The number of methoxy groups -OCH3 is 1. The molecule has 1 fully saturated rings. The molecule has 1 aromatic heterocycles. The van der Waals surface area contributed by atoms with Crippen LogP contribution in [-0.4, -0.2) is 73.7 Å². The number of likely N-dealkylation sites (tertiary alicyclic amines) is 1. The van der Waals surface area contributed by atoms with Crippen LogP contribution in [0.25, 0.3) is 0 Å². The van der Waals surface area contributed by atoms with Gasteiger partial charge >= 0.3 is 0 Å². The number of aliphatic imine (C=N–C) groups is 1. The first kappa shape index (κ1) is 20.7. The Kier molecular flexibility index (Phi) is 8.38. The average Bonchev–Trinajstić information content (AvgIpc) is 3.18. The minimum absolute atomic E-state index is 0.568. The number of nitrogens with one attached hydrogen (secondary N) is 1. The first-order valence-electron chi connectivity index (χ1n) is 9.65. The molecule has 2 heterocycles. The van der Waals surface area contributed by atoms with Gasteiger partial charge < -0.3 is 19.7 Å². The van der Waals surface area contributed by atoms with E-state index in [-0.39, 0.29) is 0 Å². The standard InChI is InChI=1S/C19H35N5O2/c1-6-20-19(21-9-7-18-15(2)22-23(4)16(18)3)24-10-8-17(13-24)14-26-12-11-25-5/h17H,6-14H2,1-5H3,(H,20,21). The quantitative estimate of drug-likeness (QED) is 0.408. The molecule has 1 atom stereocenters. The van der Waals surface area contributed by atoms with Gasteiger partial charge in [-0.05, 0) is 39.2 Å². The smallest absolute Gasteiger partial charge is 0.193 e. The maximum atomic E-state index is 5.69. The van der Waals surface area contributed by atoms with Gasteiger partial charge in [-0.15, -0.1) is 0 Å². The molecule has 2 rings (SSSR count). The van der Waals surface area contributed by atoms with E-state index in [4.69, 9.17) is 14.5 Å². The van der Waals surface area contributed by atoms with Crippen LogP contribution in [-0.2, 0) is 22.9 Å². The van der Waals surface area contributed by atoms with Crippen molar-refractivity contribution in [3.05, 3.63) is 17.0 Å². The number of aromatic nitrogens is 2. The second kappa shape index (κ2) is 10.5. The summed E-state index contributed by atoms with van der Waals surface area (Å²) in [5.41, 5.74) is 3.66. The molecule has 1 aromatic rings. The van der Waals surface area contributed by atoms with Crippen LogP contribution >= 0.6 is 0 Å². The molecule has 1 aliphatic rings. The molecule has 1 aliphatic heterocycles. The molecule has 0 saturated carbocycles. The maximum Gasteiger partial charge on any atom is 0.193 e. The van der Waals surface area contributed by atoms with E-state index in [1.54, 1.807) is 7.11 Å². The highest BCUT2D eigenvalue weighted by Crippen LogP contribution is 2.17. The highest BCUT2D eigenvalue weighted by atomic mass is 16.5. The number of guanidine groups is 1. The van der Waals surface area contributed by atoms with Crippen molar-refractivity contribution < 1.29 is 9.47 Å². The molecule has 0 amide bonds. The molecular weight excluding hydrogens is 330 g/mol. The molecule has 0 bridgehead atoms. The summed E-state index contributed by atoms with van der Waals surface area (Å²) in [5, 5.41) is 7.93. The van der Waals surface area contributed by atoms with E-state index in [0.717, 1.165) is 57.3 Å². The lowest BCUT2D eigenvalue weighted by molar-refractivity contribution is 0.0536. The zero-order valence-corrected chi connectivity index (χ0v) is 17.0. The summed E-state index contributed by atoms with van der Waals surface area (Å²) in [4.78, 5) is 7.22. The average molecular weight is 366 g/mol. The minimum Gasteiger partial charge on any atom is -0.382 e. The fourth-order valence-electron chi connectivity index (χ4n) is 3.43. The van der Waals surface area contributed by atoms with Crippen molar-refractivity contribution >= 4 is 5.96 Å². The van der Waals surface area contributed by atoms with Gasteiger partial charge in [-0.2, -0.15) is 5.10 Å². The van der Waals surface area contributed by atoms with E-state index in [0.29, 0.717) is 19.1 Å². The van der Waals surface area contributed by atoms with Gasteiger partial charge in [0.1, 0.15) is 0 Å². The summed E-state index contributed by atoms with van der Waals surface area (Å²) in [6, 6.07) is 0. The Bertz CT molecular complexity index is 585. The lowest BCUT2D eigenvalue weighted by atomic mass is 10.1. The molecule has 0 radical (unpaired) electrons. The fourth-order valence-corrected chi connectivity index (χ4v) is 3.43. The lowest BCUT2D eigenvalue weighted by Crippen LogP contribution is -2.40. The first-order valence-corrected chi connectivity index (χ1v) is 9.65. The van der Waals surface area contributed by atoms with Crippen LogP contribution in [0.2, 0.25) is 0 Å². The molecule has 1 unspecified atom stereocenters. The predicted molar refractivity (Wildman–Crippen MR) is 105 cm³/mol. The van der Waals surface area contributed by atoms with Crippen molar-refractivity contribution in [2.75, 3.05) is 53.1 Å². The van der Waals surface area contributed by atoms with Crippen molar-refractivity contribution in [3.8, 4) is 0 Å². The molecule has 7 nitrogen and oxygen atoms in total. The predicted octanol–water partition coefficient (Wildman–Crippen LogP) is 1.53.